The van der Waals surface area contributed by atoms with Crippen molar-refractivity contribution in [3.05, 3.63) is 99.1 Å². The SMILES string of the molecule is O=C(O)COc1ccc(SCC=C(c2ccc(F)cc2)c2ccc(F)cc2)cc1I. The van der Waals surface area contributed by atoms with Crippen LogP contribution in [-0.2, 0) is 4.79 Å². The van der Waals surface area contributed by atoms with E-state index in [0.717, 1.165) is 25.2 Å². The third-order valence-electron chi connectivity index (χ3n) is 4.10. The lowest BCUT2D eigenvalue weighted by atomic mass is 9.98. The molecule has 0 unspecified atom stereocenters. The molecule has 0 saturated heterocycles. The zero-order chi connectivity index (χ0) is 21.5. The molecule has 0 aliphatic carbocycles. The molecule has 30 heavy (non-hydrogen) atoms. The molecule has 154 valence electrons. The normalized spacial score (nSPS) is 10.5. The molecule has 0 fully saturated rings. The highest BCUT2D eigenvalue weighted by Crippen LogP contribution is 2.30. The number of carboxylic acids is 1. The van der Waals surface area contributed by atoms with Gasteiger partial charge in [0.1, 0.15) is 17.4 Å². The van der Waals surface area contributed by atoms with Crippen LogP contribution < -0.4 is 4.74 Å². The topological polar surface area (TPSA) is 46.5 Å². The van der Waals surface area contributed by atoms with Crippen molar-refractivity contribution in [3.8, 4) is 5.75 Å². The maximum atomic E-state index is 13.3. The van der Waals surface area contributed by atoms with Gasteiger partial charge in [0, 0.05) is 10.6 Å². The molecule has 0 amide bonds. The van der Waals surface area contributed by atoms with Crippen molar-refractivity contribution in [1.82, 2.24) is 0 Å². The van der Waals surface area contributed by atoms with Crippen molar-refractivity contribution in [2.75, 3.05) is 12.4 Å². The summed E-state index contributed by atoms with van der Waals surface area (Å²) in [5.41, 5.74) is 2.57. The first-order valence-electron chi connectivity index (χ1n) is 8.91. The molecule has 7 heteroatoms. The Morgan fingerprint density at radius 1 is 0.967 bits per heavy atom. The lowest BCUT2D eigenvalue weighted by Crippen LogP contribution is -2.10. The first-order valence-corrected chi connectivity index (χ1v) is 11.0. The van der Waals surface area contributed by atoms with Gasteiger partial charge in [-0.05, 0) is 81.8 Å². The summed E-state index contributed by atoms with van der Waals surface area (Å²) < 4.78 is 32.7. The zero-order valence-electron chi connectivity index (χ0n) is 15.6. The average molecular weight is 538 g/mol. The largest absolute Gasteiger partial charge is 0.481 e. The fourth-order valence-electron chi connectivity index (χ4n) is 2.71. The molecule has 3 aromatic rings. The van der Waals surface area contributed by atoms with E-state index in [1.807, 2.05) is 18.2 Å². The van der Waals surface area contributed by atoms with Gasteiger partial charge in [-0.1, -0.05) is 30.3 Å². The van der Waals surface area contributed by atoms with Crippen LogP contribution in [0.1, 0.15) is 11.1 Å². The fraction of sp³-hybridized carbons (Fsp3) is 0.0870. The second-order valence-corrected chi connectivity index (χ2v) is 8.47. The maximum absolute atomic E-state index is 13.3. The Balaban J connectivity index is 1.77. The van der Waals surface area contributed by atoms with E-state index < -0.39 is 5.97 Å². The summed E-state index contributed by atoms with van der Waals surface area (Å²) in [5, 5.41) is 8.73. The Bertz CT molecular complexity index is 1000. The van der Waals surface area contributed by atoms with Crippen molar-refractivity contribution in [2.45, 2.75) is 4.90 Å². The number of halogens is 3. The van der Waals surface area contributed by atoms with Gasteiger partial charge in [-0.3, -0.25) is 0 Å². The Hall–Kier alpha value is -2.39. The Labute approximate surface area is 190 Å². The van der Waals surface area contributed by atoms with Gasteiger partial charge in [0.2, 0.25) is 0 Å². The van der Waals surface area contributed by atoms with Gasteiger partial charge >= 0.3 is 5.97 Å². The molecule has 0 aliphatic rings. The van der Waals surface area contributed by atoms with Gasteiger partial charge < -0.3 is 9.84 Å². The van der Waals surface area contributed by atoms with Gasteiger partial charge in [0.25, 0.3) is 0 Å². The van der Waals surface area contributed by atoms with E-state index >= 15 is 0 Å². The van der Waals surface area contributed by atoms with Crippen molar-refractivity contribution in [2.24, 2.45) is 0 Å². The molecule has 0 radical (unpaired) electrons. The first kappa shape index (κ1) is 22.3. The van der Waals surface area contributed by atoms with Crippen LogP contribution in [-0.4, -0.2) is 23.4 Å². The summed E-state index contributed by atoms with van der Waals surface area (Å²) in [6.45, 7) is -0.385. The highest BCUT2D eigenvalue weighted by Gasteiger charge is 2.08. The molecule has 0 atom stereocenters. The zero-order valence-corrected chi connectivity index (χ0v) is 18.6. The minimum absolute atomic E-state index is 0.314. The fourth-order valence-corrected chi connectivity index (χ4v) is 4.40. The summed E-state index contributed by atoms with van der Waals surface area (Å²) in [5.74, 6) is -0.493. The van der Waals surface area contributed by atoms with Crippen LogP contribution in [0.4, 0.5) is 8.78 Å². The van der Waals surface area contributed by atoms with Gasteiger partial charge in [-0.25, -0.2) is 13.6 Å². The molecule has 0 aliphatic heterocycles. The molecule has 0 spiro atoms. The lowest BCUT2D eigenvalue weighted by molar-refractivity contribution is -0.139. The van der Waals surface area contributed by atoms with E-state index in [0.29, 0.717) is 11.5 Å². The Kier molecular flexibility index (Phi) is 7.87. The summed E-state index contributed by atoms with van der Waals surface area (Å²) in [7, 11) is 0. The van der Waals surface area contributed by atoms with Crippen LogP contribution in [0.5, 0.6) is 5.75 Å². The molecule has 0 aromatic heterocycles. The van der Waals surface area contributed by atoms with Crippen molar-refractivity contribution < 1.29 is 23.4 Å². The van der Waals surface area contributed by atoms with E-state index in [4.69, 9.17) is 9.84 Å². The van der Waals surface area contributed by atoms with E-state index in [1.165, 1.54) is 24.3 Å². The Morgan fingerprint density at radius 3 is 2.03 bits per heavy atom. The van der Waals surface area contributed by atoms with E-state index in [9.17, 15) is 13.6 Å². The van der Waals surface area contributed by atoms with Crippen LogP contribution in [0.15, 0.2) is 77.7 Å². The lowest BCUT2D eigenvalue weighted by Gasteiger charge is -2.10. The van der Waals surface area contributed by atoms with Gasteiger partial charge in [0.05, 0.1) is 3.57 Å². The number of benzene rings is 3. The van der Waals surface area contributed by atoms with Crippen LogP contribution in [0.25, 0.3) is 5.57 Å². The smallest absolute Gasteiger partial charge is 0.341 e. The highest BCUT2D eigenvalue weighted by atomic mass is 127. The summed E-state index contributed by atoms with van der Waals surface area (Å²) in [6.07, 6.45) is 2.02. The van der Waals surface area contributed by atoms with Crippen molar-refractivity contribution in [1.29, 1.82) is 0 Å². The van der Waals surface area contributed by atoms with Crippen LogP contribution >= 0.6 is 34.4 Å². The van der Waals surface area contributed by atoms with E-state index in [-0.39, 0.29) is 18.2 Å². The van der Waals surface area contributed by atoms with Crippen LogP contribution in [0.3, 0.4) is 0 Å². The standard InChI is InChI=1S/C23H17F2IO3S/c24-17-5-1-15(2-6-17)20(16-3-7-18(25)8-4-16)11-12-30-19-9-10-22(21(26)13-19)29-14-23(27)28/h1-11,13H,12,14H2,(H,27,28). The average Bonchev–Trinajstić information content (AvgIpc) is 2.72. The summed E-state index contributed by atoms with van der Waals surface area (Å²) in [6, 6.07) is 17.9. The van der Waals surface area contributed by atoms with E-state index in [1.54, 1.807) is 42.1 Å². The monoisotopic (exact) mass is 538 g/mol. The number of carbonyl (C=O) groups is 1. The second kappa shape index (κ2) is 10.6. The number of ether oxygens (including phenoxy) is 1. The third kappa shape index (κ3) is 6.30. The summed E-state index contributed by atoms with van der Waals surface area (Å²) >= 11 is 3.70. The van der Waals surface area contributed by atoms with Gasteiger partial charge in [-0.15, -0.1) is 11.8 Å². The number of carboxylic acid groups (broad SMARTS) is 1. The molecule has 1 N–H and O–H groups in total. The second-order valence-electron chi connectivity index (χ2n) is 6.22. The predicted molar refractivity (Wildman–Crippen MR) is 123 cm³/mol. The van der Waals surface area contributed by atoms with Crippen molar-refractivity contribution in [3.63, 3.8) is 0 Å². The summed E-state index contributed by atoms with van der Waals surface area (Å²) in [4.78, 5) is 11.6. The molecule has 0 heterocycles. The number of hydrogen-bond acceptors (Lipinski definition) is 3. The van der Waals surface area contributed by atoms with Crippen LogP contribution in [0, 0.1) is 15.2 Å². The van der Waals surface area contributed by atoms with Gasteiger partial charge in [0.15, 0.2) is 6.61 Å². The highest BCUT2D eigenvalue weighted by molar-refractivity contribution is 14.1. The molecular weight excluding hydrogens is 521 g/mol. The van der Waals surface area contributed by atoms with E-state index in [2.05, 4.69) is 22.6 Å². The maximum Gasteiger partial charge on any atom is 0.341 e. The third-order valence-corrected chi connectivity index (χ3v) is 5.87. The molecule has 3 aromatic carbocycles. The predicted octanol–water partition coefficient (Wildman–Crippen LogP) is 6.26. The molecular formula is C23H17F2IO3S. The Morgan fingerprint density at radius 2 is 1.53 bits per heavy atom. The first-order chi connectivity index (χ1) is 14.4. The minimum Gasteiger partial charge on any atom is -0.481 e. The van der Waals surface area contributed by atoms with Crippen molar-refractivity contribution >= 4 is 45.9 Å². The molecule has 3 nitrogen and oxygen atoms in total. The quantitative estimate of drug-likeness (QED) is 0.272. The number of thioether (sulfide) groups is 1. The molecule has 3 rings (SSSR count). The molecule has 0 saturated carbocycles. The number of aliphatic carboxylic acids is 1. The minimum atomic E-state index is -1.02. The molecule has 0 bridgehead atoms. The number of rotatable bonds is 8. The number of hydrogen-bond donors (Lipinski definition) is 1. The van der Waals surface area contributed by atoms with Gasteiger partial charge in [-0.2, -0.15) is 0 Å². The van der Waals surface area contributed by atoms with Crippen LogP contribution in [0.2, 0.25) is 0 Å².